The van der Waals surface area contributed by atoms with E-state index in [-0.39, 0.29) is 13.0 Å². The van der Waals surface area contributed by atoms with E-state index in [0.717, 1.165) is 11.8 Å². The molecule has 0 aliphatic carbocycles. The monoisotopic (exact) mass is 380 g/mol. The van der Waals surface area contributed by atoms with E-state index in [1.807, 2.05) is 0 Å². The molecule has 2 aromatic heterocycles. The number of hydrogen-bond donors (Lipinski definition) is 3. The van der Waals surface area contributed by atoms with Crippen molar-refractivity contribution in [3.05, 3.63) is 18.4 Å². The Balaban J connectivity index is 2.16. The predicted molar refractivity (Wildman–Crippen MR) is 94.1 cm³/mol. The number of nitrogens with two attached hydrogens (primary N) is 1. The van der Waals surface area contributed by atoms with Crippen LogP contribution in [0, 0.1) is 0 Å². The normalized spacial score (nSPS) is 11.8. The van der Waals surface area contributed by atoms with Crippen molar-refractivity contribution in [1.29, 1.82) is 0 Å². The standard InChI is InChI=1S/C15H20N6O4S/c1-3-17-14(24)18-13(23)9(2)26-15-20-19-12(10-5-4-8-25-10)21(15)7-6-11(16)22/h4-5,8-9H,3,6-7H2,1-2H3,(H2,16,22)(H2,17,18,23,24)/t9-/m0/s1. The molecule has 2 aromatic rings. The molecule has 0 aliphatic heterocycles. The van der Waals surface area contributed by atoms with Gasteiger partial charge in [0.2, 0.25) is 11.8 Å². The zero-order valence-electron chi connectivity index (χ0n) is 14.4. The summed E-state index contributed by atoms with van der Waals surface area (Å²) in [6.07, 6.45) is 1.58. The van der Waals surface area contributed by atoms with Crippen molar-refractivity contribution in [1.82, 2.24) is 25.4 Å². The fraction of sp³-hybridized carbons (Fsp3) is 0.400. The lowest BCUT2D eigenvalue weighted by Gasteiger charge is -2.12. The fourth-order valence-corrected chi connectivity index (χ4v) is 2.89. The van der Waals surface area contributed by atoms with Gasteiger partial charge >= 0.3 is 6.03 Å². The second kappa shape index (κ2) is 9.04. The highest BCUT2D eigenvalue weighted by Crippen LogP contribution is 2.27. The second-order valence-electron chi connectivity index (χ2n) is 5.26. The van der Waals surface area contributed by atoms with Gasteiger partial charge in [-0.05, 0) is 26.0 Å². The maximum Gasteiger partial charge on any atom is 0.321 e. The van der Waals surface area contributed by atoms with Gasteiger partial charge in [-0.25, -0.2) is 4.79 Å². The summed E-state index contributed by atoms with van der Waals surface area (Å²) < 4.78 is 6.99. The highest BCUT2D eigenvalue weighted by Gasteiger charge is 2.23. The summed E-state index contributed by atoms with van der Waals surface area (Å²) in [6.45, 7) is 4.04. The molecule has 11 heteroatoms. The lowest BCUT2D eigenvalue weighted by Crippen LogP contribution is -2.42. The summed E-state index contributed by atoms with van der Waals surface area (Å²) in [5.74, 6) is -0.0321. The van der Waals surface area contributed by atoms with Crippen LogP contribution in [0.4, 0.5) is 4.79 Å². The highest BCUT2D eigenvalue weighted by molar-refractivity contribution is 8.00. The van der Waals surface area contributed by atoms with Gasteiger partial charge in [-0.3, -0.25) is 19.5 Å². The third-order valence-electron chi connectivity index (χ3n) is 3.27. The van der Waals surface area contributed by atoms with Crippen molar-refractivity contribution in [2.45, 2.75) is 37.2 Å². The van der Waals surface area contributed by atoms with Crippen LogP contribution in [0.25, 0.3) is 11.6 Å². The topological polar surface area (TPSA) is 145 Å². The number of primary amides is 1. The average molecular weight is 380 g/mol. The quantitative estimate of drug-likeness (QED) is 0.573. The SMILES string of the molecule is CCNC(=O)NC(=O)[C@H](C)Sc1nnc(-c2ccco2)n1CCC(N)=O. The number of nitrogens with one attached hydrogen (secondary N) is 2. The van der Waals surface area contributed by atoms with Crippen molar-refractivity contribution in [3.63, 3.8) is 0 Å². The Morgan fingerprint density at radius 2 is 2.15 bits per heavy atom. The molecule has 1 atom stereocenters. The Bertz CT molecular complexity index is 773. The van der Waals surface area contributed by atoms with Gasteiger partial charge in [0.05, 0.1) is 11.5 Å². The number of thioether (sulfide) groups is 1. The molecule has 0 saturated carbocycles. The van der Waals surface area contributed by atoms with E-state index >= 15 is 0 Å². The summed E-state index contributed by atoms with van der Waals surface area (Å²) in [5.41, 5.74) is 5.23. The van der Waals surface area contributed by atoms with Gasteiger partial charge in [-0.15, -0.1) is 10.2 Å². The fourth-order valence-electron chi connectivity index (χ4n) is 2.02. The van der Waals surface area contributed by atoms with Gasteiger partial charge in [-0.1, -0.05) is 11.8 Å². The first-order chi connectivity index (χ1) is 12.4. The molecule has 0 bridgehead atoms. The van der Waals surface area contributed by atoms with Crippen molar-refractivity contribution in [3.8, 4) is 11.6 Å². The molecular formula is C15H20N6O4S. The number of rotatable bonds is 8. The first kappa shape index (κ1) is 19.5. The van der Waals surface area contributed by atoms with Gasteiger partial charge in [0, 0.05) is 19.5 Å². The third-order valence-corrected chi connectivity index (χ3v) is 4.35. The van der Waals surface area contributed by atoms with Gasteiger partial charge in [0.1, 0.15) is 0 Å². The maximum atomic E-state index is 12.1. The highest BCUT2D eigenvalue weighted by atomic mass is 32.2. The molecule has 10 nitrogen and oxygen atoms in total. The number of carbonyl (C=O) groups excluding carboxylic acids is 3. The number of urea groups is 1. The minimum atomic E-state index is -0.612. The van der Waals surface area contributed by atoms with Crippen LogP contribution in [0.15, 0.2) is 28.0 Å². The molecule has 2 heterocycles. The van der Waals surface area contributed by atoms with E-state index in [1.54, 1.807) is 30.5 Å². The van der Waals surface area contributed by atoms with Crippen molar-refractivity contribution < 1.29 is 18.8 Å². The molecule has 140 valence electrons. The molecular weight excluding hydrogens is 360 g/mol. The Hall–Kier alpha value is -2.82. The predicted octanol–water partition coefficient (Wildman–Crippen LogP) is 0.740. The zero-order valence-corrected chi connectivity index (χ0v) is 15.2. The number of furan rings is 1. The van der Waals surface area contributed by atoms with E-state index in [4.69, 9.17) is 10.2 Å². The Morgan fingerprint density at radius 3 is 2.77 bits per heavy atom. The summed E-state index contributed by atoms with van der Waals surface area (Å²) in [4.78, 5) is 34.7. The van der Waals surface area contributed by atoms with E-state index in [9.17, 15) is 14.4 Å². The molecule has 0 radical (unpaired) electrons. The van der Waals surface area contributed by atoms with Gasteiger partial charge in [0.25, 0.3) is 0 Å². The van der Waals surface area contributed by atoms with Crippen LogP contribution >= 0.6 is 11.8 Å². The molecule has 4 N–H and O–H groups in total. The van der Waals surface area contributed by atoms with Crippen LogP contribution < -0.4 is 16.4 Å². The zero-order chi connectivity index (χ0) is 19.1. The van der Waals surface area contributed by atoms with Crippen molar-refractivity contribution in [2.75, 3.05) is 6.54 Å². The molecule has 0 aliphatic rings. The second-order valence-corrected chi connectivity index (χ2v) is 6.57. The van der Waals surface area contributed by atoms with E-state index < -0.39 is 23.1 Å². The first-order valence-electron chi connectivity index (χ1n) is 7.93. The first-order valence-corrected chi connectivity index (χ1v) is 8.81. The van der Waals surface area contributed by atoms with Gasteiger partial charge in [-0.2, -0.15) is 0 Å². The lowest BCUT2D eigenvalue weighted by atomic mass is 10.3. The number of amides is 4. The van der Waals surface area contributed by atoms with E-state index in [2.05, 4.69) is 20.8 Å². The molecule has 4 amide bonds. The van der Waals surface area contributed by atoms with Crippen LogP contribution in [0.1, 0.15) is 20.3 Å². The molecule has 0 fully saturated rings. The Morgan fingerprint density at radius 1 is 1.38 bits per heavy atom. The Kier molecular flexibility index (Phi) is 6.78. The van der Waals surface area contributed by atoms with Crippen LogP contribution in [0.2, 0.25) is 0 Å². The van der Waals surface area contributed by atoms with Crippen LogP contribution in [0.5, 0.6) is 0 Å². The van der Waals surface area contributed by atoms with E-state index in [1.165, 1.54) is 6.26 Å². The average Bonchev–Trinajstić information content (AvgIpc) is 3.22. The molecule has 26 heavy (non-hydrogen) atoms. The number of nitrogens with zero attached hydrogens (tertiary/aromatic N) is 3. The smallest absolute Gasteiger partial charge is 0.321 e. The maximum absolute atomic E-state index is 12.1. The minimum Gasteiger partial charge on any atom is -0.461 e. The number of hydrogen-bond acceptors (Lipinski definition) is 7. The Labute approximate surface area is 153 Å². The summed E-state index contributed by atoms with van der Waals surface area (Å²) in [6, 6.07) is 2.86. The minimum absolute atomic E-state index is 0.0821. The van der Waals surface area contributed by atoms with Crippen molar-refractivity contribution in [2.24, 2.45) is 5.73 Å². The molecule has 0 aromatic carbocycles. The largest absolute Gasteiger partial charge is 0.461 e. The van der Waals surface area contributed by atoms with Crippen LogP contribution in [-0.2, 0) is 16.1 Å². The molecule has 0 spiro atoms. The summed E-state index contributed by atoms with van der Waals surface area (Å²) in [7, 11) is 0. The van der Waals surface area contributed by atoms with E-state index in [0.29, 0.717) is 23.3 Å². The number of carbonyl (C=O) groups is 3. The lowest BCUT2D eigenvalue weighted by molar-refractivity contribution is -0.119. The molecule has 0 saturated heterocycles. The molecule has 2 rings (SSSR count). The van der Waals surface area contributed by atoms with Crippen LogP contribution in [-0.4, -0.2) is 44.4 Å². The van der Waals surface area contributed by atoms with Gasteiger partial charge in [0.15, 0.2) is 16.7 Å². The van der Waals surface area contributed by atoms with Crippen LogP contribution in [0.3, 0.4) is 0 Å². The van der Waals surface area contributed by atoms with Crippen molar-refractivity contribution >= 4 is 29.6 Å². The number of aromatic nitrogens is 3. The van der Waals surface area contributed by atoms with Gasteiger partial charge < -0.3 is 15.5 Å². The number of imide groups is 1. The third kappa shape index (κ3) is 5.09. The summed E-state index contributed by atoms with van der Waals surface area (Å²) in [5, 5.41) is 12.7. The summed E-state index contributed by atoms with van der Waals surface area (Å²) >= 11 is 1.11. The molecule has 0 unspecified atom stereocenters.